The van der Waals surface area contributed by atoms with Crippen LogP contribution < -0.4 is 5.32 Å². The van der Waals surface area contributed by atoms with Crippen molar-refractivity contribution in [1.82, 2.24) is 0 Å². The Hall–Kier alpha value is -3.99. The summed E-state index contributed by atoms with van der Waals surface area (Å²) in [7, 11) is 0. The summed E-state index contributed by atoms with van der Waals surface area (Å²) in [6, 6.07) is 22.4. The highest BCUT2D eigenvalue weighted by atomic mass is 16.3. The standard InChI is InChI=1S/C26H23N3O2/c1-16-13-20-15-18(3)24(29-28-21-12-8-7-9-17(21)2)25(30)23(20)22(14-16)27-26(31)19-10-5-4-6-11-19/h4-15,30H,1-3H3,(H,27,31). The van der Waals surface area contributed by atoms with Gasteiger partial charge >= 0.3 is 0 Å². The van der Waals surface area contributed by atoms with Crippen LogP contribution in [0.1, 0.15) is 27.0 Å². The number of phenols is 1. The number of azo groups is 1. The average molecular weight is 409 g/mol. The number of aryl methyl sites for hydroxylation is 3. The smallest absolute Gasteiger partial charge is 0.255 e. The number of hydrogen-bond acceptors (Lipinski definition) is 4. The summed E-state index contributed by atoms with van der Waals surface area (Å²) in [6.07, 6.45) is 0. The molecule has 5 nitrogen and oxygen atoms in total. The third-order valence-corrected chi connectivity index (χ3v) is 5.18. The van der Waals surface area contributed by atoms with Crippen molar-refractivity contribution >= 4 is 33.7 Å². The van der Waals surface area contributed by atoms with Gasteiger partial charge in [0.25, 0.3) is 5.91 Å². The van der Waals surface area contributed by atoms with Crippen LogP contribution in [-0.2, 0) is 0 Å². The Morgan fingerprint density at radius 3 is 2.29 bits per heavy atom. The van der Waals surface area contributed by atoms with E-state index in [1.807, 2.05) is 81.4 Å². The van der Waals surface area contributed by atoms with Crippen LogP contribution in [0.2, 0.25) is 0 Å². The second-order valence-electron chi connectivity index (χ2n) is 7.61. The molecule has 4 aromatic carbocycles. The number of amides is 1. The second-order valence-corrected chi connectivity index (χ2v) is 7.61. The zero-order valence-corrected chi connectivity index (χ0v) is 17.7. The third-order valence-electron chi connectivity index (χ3n) is 5.18. The molecule has 2 N–H and O–H groups in total. The van der Waals surface area contributed by atoms with E-state index in [1.165, 1.54) is 0 Å². The van der Waals surface area contributed by atoms with Gasteiger partial charge in [-0.15, -0.1) is 5.11 Å². The second kappa shape index (κ2) is 8.40. The van der Waals surface area contributed by atoms with Crippen molar-refractivity contribution < 1.29 is 9.90 Å². The molecule has 154 valence electrons. The van der Waals surface area contributed by atoms with E-state index in [0.29, 0.717) is 22.3 Å². The number of hydrogen-bond donors (Lipinski definition) is 2. The summed E-state index contributed by atoms with van der Waals surface area (Å²) in [6.45, 7) is 5.80. The monoisotopic (exact) mass is 409 g/mol. The minimum Gasteiger partial charge on any atom is -0.505 e. The Balaban J connectivity index is 1.81. The van der Waals surface area contributed by atoms with Gasteiger partial charge in [0.05, 0.1) is 11.4 Å². The Kier molecular flexibility index (Phi) is 5.50. The summed E-state index contributed by atoms with van der Waals surface area (Å²) < 4.78 is 0. The lowest BCUT2D eigenvalue weighted by molar-refractivity contribution is 0.102. The van der Waals surface area contributed by atoms with Crippen LogP contribution in [-0.4, -0.2) is 11.0 Å². The van der Waals surface area contributed by atoms with Gasteiger partial charge < -0.3 is 10.4 Å². The van der Waals surface area contributed by atoms with E-state index in [2.05, 4.69) is 15.5 Å². The first-order chi connectivity index (χ1) is 14.9. The molecule has 0 spiro atoms. The Bertz CT molecular complexity index is 1310. The first kappa shape index (κ1) is 20.3. The predicted molar refractivity (Wildman–Crippen MR) is 125 cm³/mol. The van der Waals surface area contributed by atoms with Crippen LogP contribution in [0.25, 0.3) is 10.8 Å². The van der Waals surface area contributed by atoms with E-state index in [9.17, 15) is 9.90 Å². The molecule has 5 heteroatoms. The van der Waals surface area contributed by atoms with Crippen LogP contribution >= 0.6 is 0 Å². The third kappa shape index (κ3) is 4.16. The fourth-order valence-electron chi connectivity index (χ4n) is 3.59. The fraction of sp³-hybridized carbons (Fsp3) is 0.115. The number of anilines is 1. The molecule has 0 aliphatic carbocycles. The molecule has 0 bridgehead atoms. The molecule has 0 heterocycles. The molecule has 0 aromatic heterocycles. The summed E-state index contributed by atoms with van der Waals surface area (Å²) in [5.74, 6) is -0.244. The van der Waals surface area contributed by atoms with E-state index in [4.69, 9.17) is 0 Å². The molecule has 0 atom stereocenters. The zero-order chi connectivity index (χ0) is 22.0. The van der Waals surface area contributed by atoms with Gasteiger partial charge in [0, 0.05) is 10.9 Å². The summed E-state index contributed by atoms with van der Waals surface area (Å²) >= 11 is 0. The van der Waals surface area contributed by atoms with Crippen LogP contribution in [0.4, 0.5) is 17.1 Å². The van der Waals surface area contributed by atoms with Crippen molar-refractivity contribution in [3.05, 3.63) is 95.1 Å². The maximum absolute atomic E-state index is 12.7. The van der Waals surface area contributed by atoms with Crippen molar-refractivity contribution in [3.8, 4) is 5.75 Å². The van der Waals surface area contributed by atoms with E-state index in [0.717, 1.165) is 27.8 Å². The van der Waals surface area contributed by atoms with Crippen LogP contribution in [0, 0.1) is 20.8 Å². The van der Waals surface area contributed by atoms with Gasteiger partial charge in [0.1, 0.15) is 5.69 Å². The summed E-state index contributed by atoms with van der Waals surface area (Å²) in [5, 5.41) is 24.1. The lowest BCUT2D eigenvalue weighted by Crippen LogP contribution is -2.12. The van der Waals surface area contributed by atoms with Crippen LogP contribution in [0.5, 0.6) is 5.75 Å². The first-order valence-corrected chi connectivity index (χ1v) is 10.0. The topological polar surface area (TPSA) is 74.0 Å². The number of aromatic hydroxyl groups is 1. The maximum Gasteiger partial charge on any atom is 0.255 e. The van der Waals surface area contributed by atoms with Crippen LogP contribution in [0.15, 0.2) is 83.0 Å². The molecule has 0 radical (unpaired) electrons. The van der Waals surface area contributed by atoms with Crippen LogP contribution in [0.3, 0.4) is 0 Å². The fourth-order valence-corrected chi connectivity index (χ4v) is 3.59. The van der Waals surface area contributed by atoms with E-state index < -0.39 is 0 Å². The quantitative estimate of drug-likeness (QED) is 0.352. The number of nitrogens with one attached hydrogen (secondary N) is 1. The molecule has 4 rings (SSSR count). The first-order valence-electron chi connectivity index (χ1n) is 10.0. The number of carbonyl (C=O) groups is 1. The SMILES string of the molecule is Cc1cc(NC(=O)c2ccccc2)c2c(O)c(N=Nc3ccccc3C)c(C)cc2c1. The zero-order valence-electron chi connectivity index (χ0n) is 17.7. The van der Waals surface area contributed by atoms with Gasteiger partial charge in [-0.05, 0) is 73.2 Å². The minimum absolute atomic E-state index is 0.00399. The molecule has 0 aliphatic rings. The van der Waals surface area contributed by atoms with Crippen molar-refractivity contribution in [1.29, 1.82) is 0 Å². The molecule has 1 amide bonds. The minimum atomic E-state index is -0.240. The number of phenolic OH excluding ortho intramolecular Hbond substituents is 1. The largest absolute Gasteiger partial charge is 0.505 e. The van der Waals surface area contributed by atoms with Gasteiger partial charge in [-0.1, -0.05) is 42.5 Å². The highest BCUT2D eigenvalue weighted by Crippen LogP contribution is 2.43. The lowest BCUT2D eigenvalue weighted by Gasteiger charge is -2.14. The van der Waals surface area contributed by atoms with Crippen molar-refractivity contribution in [2.24, 2.45) is 10.2 Å². The Morgan fingerprint density at radius 1 is 0.839 bits per heavy atom. The molecule has 0 unspecified atom stereocenters. The normalized spacial score (nSPS) is 11.2. The van der Waals surface area contributed by atoms with E-state index in [-0.39, 0.29) is 11.7 Å². The average Bonchev–Trinajstić information content (AvgIpc) is 2.74. The van der Waals surface area contributed by atoms with Crippen molar-refractivity contribution in [2.75, 3.05) is 5.32 Å². The van der Waals surface area contributed by atoms with Crippen molar-refractivity contribution in [3.63, 3.8) is 0 Å². The number of nitrogens with zero attached hydrogens (tertiary/aromatic N) is 2. The van der Waals surface area contributed by atoms with E-state index >= 15 is 0 Å². The predicted octanol–water partition coefficient (Wildman–Crippen LogP) is 7.14. The highest BCUT2D eigenvalue weighted by molar-refractivity contribution is 6.12. The molecule has 31 heavy (non-hydrogen) atoms. The van der Waals surface area contributed by atoms with Gasteiger partial charge in [-0.3, -0.25) is 4.79 Å². The number of benzene rings is 4. The van der Waals surface area contributed by atoms with Gasteiger partial charge in [-0.25, -0.2) is 0 Å². The Morgan fingerprint density at radius 2 is 1.55 bits per heavy atom. The molecule has 0 aliphatic heterocycles. The number of rotatable bonds is 4. The summed E-state index contributed by atoms with van der Waals surface area (Å²) in [4.78, 5) is 12.7. The molecule has 0 saturated heterocycles. The molecule has 0 fully saturated rings. The van der Waals surface area contributed by atoms with Gasteiger partial charge in [-0.2, -0.15) is 5.11 Å². The van der Waals surface area contributed by atoms with E-state index in [1.54, 1.807) is 12.1 Å². The number of fused-ring (bicyclic) bond motifs is 1. The molecule has 0 saturated carbocycles. The molecule has 4 aromatic rings. The van der Waals surface area contributed by atoms with Crippen molar-refractivity contribution in [2.45, 2.75) is 20.8 Å². The number of carbonyl (C=O) groups excluding carboxylic acids is 1. The summed E-state index contributed by atoms with van der Waals surface area (Å²) in [5.41, 5.74) is 4.97. The van der Waals surface area contributed by atoms with Gasteiger partial charge in [0.15, 0.2) is 5.75 Å². The molecular weight excluding hydrogens is 386 g/mol. The lowest BCUT2D eigenvalue weighted by atomic mass is 10.00. The van der Waals surface area contributed by atoms with Gasteiger partial charge in [0.2, 0.25) is 0 Å². The molecular formula is C26H23N3O2. The maximum atomic E-state index is 12.7. The highest BCUT2D eigenvalue weighted by Gasteiger charge is 2.16. The Labute approximate surface area is 181 Å².